The molecule has 1 unspecified atom stereocenters. The van der Waals surface area contributed by atoms with E-state index < -0.39 is 6.04 Å². The standard InChI is InChI=1S/C22H27N3O2.ClH/c1-2-6-19(23)22(27)24-18-12-10-16(11-13-18)15-21(26)25-14-5-8-17-7-3-4-9-20(17)25;/h3-4,7,9-13,19H,2,5-6,8,14-15,23H2,1H3,(H,24,27);1H. The number of amides is 2. The zero-order chi connectivity index (χ0) is 19.2. The van der Waals surface area contributed by atoms with Crippen molar-refractivity contribution in [1.29, 1.82) is 0 Å². The van der Waals surface area contributed by atoms with Crippen LogP contribution in [0.2, 0.25) is 0 Å². The van der Waals surface area contributed by atoms with Gasteiger partial charge in [0.25, 0.3) is 0 Å². The Morgan fingerprint density at radius 1 is 1.14 bits per heavy atom. The van der Waals surface area contributed by atoms with Crippen molar-refractivity contribution in [3.05, 3.63) is 59.7 Å². The maximum Gasteiger partial charge on any atom is 0.241 e. The Morgan fingerprint density at radius 3 is 2.57 bits per heavy atom. The van der Waals surface area contributed by atoms with Crippen molar-refractivity contribution in [1.82, 2.24) is 0 Å². The van der Waals surface area contributed by atoms with Crippen molar-refractivity contribution < 1.29 is 9.59 Å². The number of nitrogens with zero attached hydrogens (tertiary/aromatic N) is 1. The largest absolute Gasteiger partial charge is 0.325 e. The Kier molecular flexibility index (Phi) is 8.03. The minimum Gasteiger partial charge on any atom is -0.325 e. The molecule has 0 spiro atoms. The fraction of sp³-hybridized carbons (Fsp3) is 0.364. The number of nitrogens with two attached hydrogens (primary N) is 1. The van der Waals surface area contributed by atoms with Crippen molar-refractivity contribution in [2.24, 2.45) is 5.73 Å². The number of hydrogen-bond donors (Lipinski definition) is 2. The molecule has 0 fully saturated rings. The minimum absolute atomic E-state index is 0. The maximum absolute atomic E-state index is 12.8. The summed E-state index contributed by atoms with van der Waals surface area (Å²) in [4.78, 5) is 26.7. The molecular formula is C22H28ClN3O2. The van der Waals surface area contributed by atoms with E-state index in [1.807, 2.05) is 54.3 Å². The highest BCUT2D eigenvalue weighted by Crippen LogP contribution is 2.27. The number of nitrogens with one attached hydrogen (secondary N) is 1. The van der Waals surface area contributed by atoms with Gasteiger partial charge in [0, 0.05) is 17.9 Å². The van der Waals surface area contributed by atoms with Gasteiger partial charge in [-0.1, -0.05) is 43.7 Å². The molecule has 5 nitrogen and oxygen atoms in total. The summed E-state index contributed by atoms with van der Waals surface area (Å²) in [5.41, 5.74) is 9.73. The smallest absolute Gasteiger partial charge is 0.241 e. The van der Waals surface area contributed by atoms with Crippen LogP contribution >= 0.6 is 12.4 Å². The molecule has 1 heterocycles. The number of benzene rings is 2. The minimum atomic E-state index is -0.490. The molecule has 6 heteroatoms. The monoisotopic (exact) mass is 401 g/mol. The van der Waals surface area contributed by atoms with E-state index in [0.29, 0.717) is 18.5 Å². The van der Waals surface area contributed by atoms with Gasteiger partial charge in [0.2, 0.25) is 11.8 Å². The van der Waals surface area contributed by atoms with Gasteiger partial charge in [-0.25, -0.2) is 0 Å². The van der Waals surface area contributed by atoms with E-state index in [4.69, 9.17) is 5.73 Å². The van der Waals surface area contributed by atoms with E-state index in [9.17, 15) is 9.59 Å². The zero-order valence-corrected chi connectivity index (χ0v) is 17.0. The molecular weight excluding hydrogens is 374 g/mol. The molecule has 2 amide bonds. The molecule has 3 rings (SSSR count). The second kappa shape index (κ2) is 10.2. The first-order valence-corrected chi connectivity index (χ1v) is 9.62. The molecule has 0 bridgehead atoms. The van der Waals surface area contributed by atoms with Crippen LogP contribution in [-0.2, 0) is 22.4 Å². The number of hydrogen-bond acceptors (Lipinski definition) is 3. The number of aryl methyl sites for hydroxylation is 1. The normalized spacial score (nSPS) is 13.9. The van der Waals surface area contributed by atoms with Crippen LogP contribution in [0.1, 0.15) is 37.3 Å². The third-order valence-electron chi connectivity index (χ3n) is 4.92. The molecule has 0 saturated heterocycles. The Labute approximate surface area is 172 Å². The predicted molar refractivity (Wildman–Crippen MR) is 116 cm³/mol. The van der Waals surface area contributed by atoms with Gasteiger partial charge in [0.05, 0.1) is 12.5 Å². The number of para-hydroxylation sites is 1. The Bertz CT molecular complexity index is 808. The van der Waals surface area contributed by atoms with Gasteiger partial charge in [-0.3, -0.25) is 9.59 Å². The quantitative estimate of drug-likeness (QED) is 0.774. The molecule has 3 N–H and O–H groups in total. The van der Waals surface area contributed by atoms with Crippen LogP contribution in [-0.4, -0.2) is 24.4 Å². The molecule has 0 aliphatic carbocycles. The van der Waals surface area contributed by atoms with Gasteiger partial charge < -0.3 is 16.0 Å². The van der Waals surface area contributed by atoms with E-state index in [0.717, 1.165) is 37.1 Å². The topological polar surface area (TPSA) is 75.4 Å². The molecule has 2 aromatic carbocycles. The second-order valence-corrected chi connectivity index (χ2v) is 7.04. The first kappa shape index (κ1) is 21.9. The van der Waals surface area contributed by atoms with E-state index in [-0.39, 0.29) is 24.2 Å². The van der Waals surface area contributed by atoms with Crippen LogP contribution in [0.25, 0.3) is 0 Å². The first-order valence-electron chi connectivity index (χ1n) is 9.62. The zero-order valence-electron chi connectivity index (χ0n) is 16.2. The van der Waals surface area contributed by atoms with Crippen LogP contribution in [0.5, 0.6) is 0 Å². The highest BCUT2D eigenvalue weighted by Gasteiger charge is 2.22. The number of halogens is 1. The number of rotatable bonds is 6. The van der Waals surface area contributed by atoms with Gasteiger partial charge in [-0.05, 0) is 48.6 Å². The molecule has 0 aromatic heterocycles. The van der Waals surface area contributed by atoms with Crippen LogP contribution in [0.3, 0.4) is 0 Å². The molecule has 0 saturated carbocycles. The Balaban J connectivity index is 0.00000280. The van der Waals surface area contributed by atoms with E-state index >= 15 is 0 Å². The third-order valence-corrected chi connectivity index (χ3v) is 4.92. The van der Waals surface area contributed by atoms with Crippen molar-refractivity contribution >= 4 is 35.6 Å². The lowest BCUT2D eigenvalue weighted by Gasteiger charge is -2.29. The van der Waals surface area contributed by atoms with Gasteiger partial charge in [0.15, 0.2) is 0 Å². The van der Waals surface area contributed by atoms with Crippen molar-refractivity contribution in [2.75, 3.05) is 16.8 Å². The van der Waals surface area contributed by atoms with Crippen molar-refractivity contribution in [3.8, 4) is 0 Å². The highest BCUT2D eigenvalue weighted by atomic mass is 35.5. The van der Waals surface area contributed by atoms with Gasteiger partial charge in [0.1, 0.15) is 0 Å². The lowest BCUT2D eigenvalue weighted by Crippen LogP contribution is -2.36. The molecule has 150 valence electrons. The van der Waals surface area contributed by atoms with E-state index in [1.54, 1.807) is 0 Å². The average Bonchev–Trinajstić information content (AvgIpc) is 2.69. The Morgan fingerprint density at radius 2 is 1.86 bits per heavy atom. The summed E-state index contributed by atoms with van der Waals surface area (Å²) < 4.78 is 0. The molecule has 28 heavy (non-hydrogen) atoms. The summed E-state index contributed by atoms with van der Waals surface area (Å²) in [6, 6.07) is 15.0. The van der Waals surface area contributed by atoms with Crippen LogP contribution in [0.4, 0.5) is 11.4 Å². The van der Waals surface area contributed by atoms with Crippen LogP contribution < -0.4 is 16.0 Å². The van der Waals surface area contributed by atoms with E-state index in [1.165, 1.54) is 5.56 Å². The summed E-state index contributed by atoms with van der Waals surface area (Å²) >= 11 is 0. The van der Waals surface area contributed by atoms with Crippen LogP contribution in [0.15, 0.2) is 48.5 Å². The van der Waals surface area contributed by atoms with E-state index in [2.05, 4.69) is 11.4 Å². The first-order chi connectivity index (χ1) is 13.1. The molecule has 1 aliphatic rings. The lowest BCUT2D eigenvalue weighted by molar-refractivity contribution is -0.118. The number of anilines is 2. The fourth-order valence-electron chi connectivity index (χ4n) is 3.45. The summed E-state index contributed by atoms with van der Waals surface area (Å²) in [6.45, 7) is 2.76. The summed E-state index contributed by atoms with van der Waals surface area (Å²) in [7, 11) is 0. The average molecular weight is 402 g/mol. The lowest BCUT2D eigenvalue weighted by atomic mass is 10.0. The SMILES string of the molecule is CCCC(N)C(=O)Nc1ccc(CC(=O)N2CCCc3ccccc32)cc1.Cl. The maximum atomic E-state index is 12.8. The van der Waals surface area contributed by atoms with Crippen molar-refractivity contribution in [2.45, 2.75) is 45.1 Å². The highest BCUT2D eigenvalue weighted by molar-refractivity contribution is 5.96. The molecule has 2 aromatic rings. The van der Waals surface area contributed by atoms with Gasteiger partial charge in [-0.15, -0.1) is 12.4 Å². The Hall–Kier alpha value is -2.37. The van der Waals surface area contributed by atoms with Gasteiger partial charge >= 0.3 is 0 Å². The number of fused-ring (bicyclic) bond motifs is 1. The predicted octanol–water partition coefficient (Wildman–Crippen LogP) is 3.70. The summed E-state index contributed by atoms with van der Waals surface area (Å²) in [5.74, 6) is -0.0745. The van der Waals surface area contributed by atoms with Crippen LogP contribution in [0, 0.1) is 0 Å². The number of carbonyl (C=O) groups excluding carboxylic acids is 2. The molecule has 1 atom stereocenters. The second-order valence-electron chi connectivity index (χ2n) is 7.04. The fourth-order valence-corrected chi connectivity index (χ4v) is 3.45. The third kappa shape index (κ3) is 5.33. The van der Waals surface area contributed by atoms with Gasteiger partial charge in [-0.2, -0.15) is 0 Å². The summed E-state index contributed by atoms with van der Waals surface area (Å²) in [6.07, 6.45) is 3.89. The molecule has 1 aliphatic heterocycles. The molecule has 0 radical (unpaired) electrons. The number of carbonyl (C=O) groups is 2. The summed E-state index contributed by atoms with van der Waals surface area (Å²) in [5, 5.41) is 2.82. The van der Waals surface area contributed by atoms with Crippen molar-refractivity contribution in [3.63, 3.8) is 0 Å².